The van der Waals surface area contributed by atoms with Gasteiger partial charge in [-0.2, -0.15) is 13.2 Å². The van der Waals surface area contributed by atoms with E-state index in [1.54, 1.807) is 24.3 Å². The molecule has 1 aliphatic rings. The number of hydrogen-bond donors (Lipinski definition) is 3. The van der Waals surface area contributed by atoms with E-state index in [1.165, 1.54) is 42.5 Å². The van der Waals surface area contributed by atoms with Crippen molar-refractivity contribution in [3.8, 4) is 0 Å². The second kappa shape index (κ2) is 12.2. The Morgan fingerprint density at radius 2 is 1.23 bits per heavy atom. The Kier molecular flexibility index (Phi) is 9.07. The summed E-state index contributed by atoms with van der Waals surface area (Å²) in [6, 6.07) is 16.1. The summed E-state index contributed by atoms with van der Waals surface area (Å²) in [5.41, 5.74) is 2.17. The van der Waals surface area contributed by atoms with Crippen molar-refractivity contribution in [2.75, 3.05) is 41.3 Å². The highest BCUT2D eigenvalue weighted by Crippen LogP contribution is 2.27. The fourth-order valence-electron chi connectivity index (χ4n) is 3.72. The van der Waals surface area contributed by atoms with Gasteiger partial charge in [0.05, 0.1) is 11.3 Å². The number of anilines is 3. The van der Waals surface area contributed by atoms with E-state index in [1.807, 2.05) is 4.90 Å². The Morgan fingerprint density at radius 3 is 1.72 bits per heavy atom. The number of carbonyl (C=O) groups is 3. The van der Waals surface area contributed by atoms with Crippen molar-refractivity contribution in [1.29, 1.82) is 0 Å². The summed E-state index contributed by atoms with van der Waals surface area (Å²) in [5, 5.41) is 19.5. The zero-order chi connectivity index (χ0) is 28.7. The first-order valence-electron chi connectivity index (χ1n) is 11.3. The van der Waals surface area contributed by atoms with Crippen molar-refractivity contribution < 1.29 is 46.5 Å². The average Bonchev–Trinajstić information content (AvgIpc) is 2.89. The smallest absolute Gasteiger partial charge is 0.478 e. The number of hydrogen-bond acceptors (Lipinski definition) is 5. The molecular formula is C26H22F5N3O5. The number of nitrogens with zero attached hydrogens (tertiary/aromatic N) is 2. The quantitative estimate of drug-likeness (QED) is 0.388. The van der Waals surface area contributed by atoms with Crippen LogP contribution in [-0.2, 0) is 4.79 Å². The van der Waals surface area contributed by atoms with Crippen LogP contribution in [0.5, 0.6) is 0 Å². The first kappa shape index (κ1) is 28.9. The number of halogens is 5. The van der Waals surface area contributed by atoms with Gasteiger partial charge in [-0.1, -0.05) is 0 Å². The fourth-order valence-corrected chi connectivity index (χ4v) is 3.72. The van der Waals surface area contributed by atoms with Crippen LogP contribution in [0.15, 0.2) is 66.7 Å². The van der Waals surface area contributed by atoms with E-state index >= 15 is 0 Å². The lowest BCUT2D eigenvalue weighted by atomic mass is 10.1. The van der Waals surface area contributed by atoms with Crippen LogP contribution in [0.4, 0.5) is 39.0 Å². The molecule has 1 fully saturated rings. The van der Waals surface area contributed by atoms with Gasteiger partial charge in [-0.3, -0.25) is 4.79 Å². The molecule has 1 amide bonds. The van der Waals surface area contributed by atoms with Gasteiger partial charge >= 0.3 is 18.1 Å². The van der Waals surface area contributed by atoms with E-state index in [9.17, 15) is 36.6 Å². The third-order valence-electron chi connectivity index (χ3n) is 5.65. The van der Waals surface area contributed by atoms with Crippen molar-refractivity contribution >= 4 is 34.9 Å². The van der Waals surface area contributed by atoms with Gasteiger partial charge in [-0.15, -0.1) is 0 Å². The summed E-state index contributed by atoms with van der Waals surface area (Å²) < 4.78 is 58.0. The summed E-state index contributed by atoms with van der Waals surface area (Å²) in [6.07, 6.45) is -5.08. The molecule has 13 heteroatoms. The molecule has 39 heavy (non-hydrogen) atoms. The van der Waals surface area contributed by atoms with Gasteiger partial charge in [0.25, 0.3) is 5.91 Å². The largest absolute Gasteiger partial charge is 0.490 e. The van der Waals surface area contributed by atoms with Crippen LogP contribution in [0, 0.1) is 11.6 Å². The second-order valence-corrected chi connectivity index (χ2v) is 8.25. The highest BCUT2D eigenvalue weighted by Gasteiger charge is 2.38. The molecule has 1 saturated heterocycles. The van der Waals surface area contributed by atoms with Crippen molar-refractivity contribution in [2.24, 2.45) is 0 Å². The first-order chi connectivity index (χ1) is 18.3. The number of benzene rings is 3. The fraction of sp³-hybridized carbons (Fsp3) is 0.192. The number of alkyl halides is 3. The van der Waals surface area contributed by atoms with Gasteiger partial charge in [-0.05, 0) is 66.7 Å². The van der Waals surface area contributed by atoms with Gasteiger partial charge in [-0.25, -0.2) is 18.4 Å². The van der Waals surface area contributed by atoms with Gasteiger partial charge in [0.1, 0.15) is 11.6 Å². The molecule has 3 N–H and O–H groups in total. The van der Waals surface area contributed by atoms with Gasteiger partial charge in [0.2, 0.25) is 0 Å². The Hall–Kier alpha value is -4.68. The lowest BCUT2D eigenvalue weighted by Gasteiger charge is -2.38. The molecule has 8 nitrogen and oxygen atoms in total. The minimum absolute atomic E-state index is 0.0807. The van der Waals surface area contributed by atoms with Crippen molar-refractivity contribution in [1.82, 2.24) is 0 Å². The van der Waals surface area contributed by atoms with Crippen LogP contribution in [0.3, 0.4) is 0 Å². The molecule has 3 aromatic rings. The zero-order valence-electron chi connectivity index (χ0n) is 20.1. The molecule has 0 bridgehead atoms. The molecular weight excluding hydrogens is 529 g/mol. The molecule has 206 valence electrons. The third kappa shape index (κ3) is 7.90. The van der Waals surface area contributed by atoms with Gasteiger partial charge < -0.3 is 25.3 Å². The van der Waals surface area contributed by atoms with Crippen LogP contribution >= 0.6 is 0 Å². The maximum Gasteiger partial charge on any atom is 0.490 e. The highest BCUT2D eigenvalue weighted by atomic mass is 19.4. The van der Waals surface area contributed by atoms with E-state index in [-0.39, 0.29) is 16.9 Å². The molecule has 0 atom stereocenters. The number of piperazine rings is 1. The molecule has 4 rings (SSSR count). The van der Waals surface area contributed by atoms with Gasteiger partial charge in [0, 0.05) is 43.1 Å². The highest BCUT2D eigenvalue weighted by molar-refractivity contribution is 6.05. The predicted molar refractivity (Wildman–Crippen MR) is 132 cm³/mol. The van der Waals surface area contributed by atoms with E-state index in [4.69, 9.17) is 9.90 Å². The summed E-state index contributed by atoms with van der Waals surface area (Å²) in [6.45, 7) is 2.51. The molecule has 0 saturated carbocycles. The van der Waals surface area contributed by atoms with Crippen LogP contribution in [0.1, 0.15) is 20.7 Å². The van der Waals surface area contributed by atoms with E-state index < -0.39 is 29.8 Å². The number of nitrogens with one attached hydrogen (secondary N) is 1. The molecule has 0 radical (unpaired) electrons. The van der Waals surface area contributed by atoms with Crippen LogP contribution in [0.2, 0.25) is 0 Å². The number of carbonyl (C=O) groups excluding carboxylic acids is 1. The molecule has 0 unspecified atom stereocenters. The molecule has 0 aliphatic carbocycles. The molecule has 1 aliphatic heterocycles. The van der Waals surface area contributed by atoms with Crippen LogP contribution in [-0.4, -0.2) is 60.4 Å². The minimum Gasteiger partial charge on any atom is -0.478 e. The van der Waals surface area contributed by atoms with Crippen molar-refractivity contribution in [3.05, 3.63) is 89.5 Å². The monoisotopic (exact) mass is 551 g/mol. The normalized spacial score (nSPS) is 13.3. The Morgan fingerprint density at radius 1 is 0.744 bits per heavy atom. The number of carboxylic acids is 2. The number of rotatable bonds is 5. The van der Waals surface area contributed by atoms with Crippen LogP contribution < -0.4 is 15.1 Å². The predicted octanol–water partition coefficient (Wildman–Crippen LogP) is 4.88. The average molecular weight is 551 g/mol. The number of carboxylic acid groups (broad SMARTS) is 2. The summed E-state index contributed by atoms with van der Waals surface area (Å²) in [4.78, 5) is 37.3. The Labute approximate surface area is 218 Å². The van der Waals surface area contributed by atoms with Crippen molar-refractivity contribution in [2.45, 2.75) is 6.18 Å². The van der Waals surface area contributed by atoms with Gasteiger partial charge in [0.15, 0.2) is 0 Å². The summed E-state index contributed by atoms with van der Waals surface area (Å²) in [7, 11) is 0. The lowest BCUT2D eigenvalue weighted by Crippen LogP contribution is -2.47. The summed E-state index contributed by atoms with van der Waals surface area (Å²) >= 11 is 0. The van der Waals surface area contributed by atoms with Crippen molar-refractivity contribution in [3.63, 3.8) is 0 Å². The molecule has 3 aromatic carbocycles. The van der Waals surface area contributed by atoms with E-state index in [2.05, 4.69) is 10.2 Å². The topological polar surface area (TPSA) is 110 Å². The van der Waals surface area contributed by atoms with E-state index in [0.717, 1.165) is 5.69 Å². The minimum atomic E-state index is -5.08. The maximum absolute atomic E-state index is 13.2. The number of aliphatic carboxylic acids is 1. The third-order valence-corrected chi connectivity index (χ3v) is 5.65. The second-order valence-electron chi connectivity index (χ2n) is 8.25. The number of amides is 1. The maximum atomic E-state index is 13.2. The molecule has 0 aromatic heterocycles. The Bertz CT molecular complexity index is 1320. The SMILES string of the molecule is O=C(Nc1ccc(N2CCN(c3ccc(F)cc3)CC2)c(C(=O)O)c1)c1ccc(F)cc1.O=C(O)C(F)(F)F. The van der Waals surface area contributed by atoms with Crippen LogP contribution in [0.25, 0.3) is 0 Å². The van der Waals surface area contributed by atoms with E-state index in [0.29, 0.717) is 37.6 Å². The first-order valence-corrected chi connectivity index (χ1v) is 11.3. The number of aromatic carboxylic acids is 1. The lowest BCUT2D eigenvalue weighted by molar-refractivity contribution is -0.192. The Balaban J connectivity index is 0.000000532. The molecule has 0 spiro atoms. The standard InChI is InChI=1S/C24H21F2N3O3.C2HF3O2/c25-17-3-1-16(2-4-17)23(30)27-19-7-10-22(21(15-19)24(31)32)29-13-11-28(12-14-29)20-8-5-18(26)6-9-20;3-2(4,5)1(6)7/h1-10,15H,11-14H2,(H,27,30)(H,31,32);(H,6,7). The molecule has 1 heterocycles. The zero-order valence-corrected chi connectivity index (χ0v) is 20.1. The summed E-state index contributed by atoms with van der Waals surface area (Å²) in [5.74, 6) is -5.04.